The maximum atomic E-state index is 10.7. The lowest BCUT2D eigenvalue weighted by molar-refractivity contribution is -0.139. The Kier molecular flexibility index (Phi) is 4.42. The summed E-state index contributed by atoms with van der Waals surface area (Å²) in [5.41, 5.74) is 3.43. The summed E-state index contributed by atoms with van der Waals surface area (Å²) in [6, 6.07) is 5.95. The quantitative estimate of drug-likeness (QED) is 0.887. The molecule has 0 bridgehead atoms. The van der Waals surface area contributed by atoms with Gasteiger partial charge in [-0.2, -0.15) is 0 Å². The number of oxazole rings is 1. The van der Waals surface area contributed by atoms with Gasteiger partial charge >= 0.3 is 5.97 Å². The fourth-order valence-electron chi connectivity index (χ4n) is 3.17. The normalized spacial score (nSPS) is 17.0. The molecule has 3 rings (SSSR count). The zero-order valence-electron chi connectivity index (χ0n) is 12.3. The van der Waals surface area contributed by atoms with Gasteiger partial charge in [0.15, 0.2) is 13.0 Å². The summed E-state index contributed by atoms with van der Waals surface area (Å²) in [6.07, 6.45) is 8.25. The number of fused-ring (bicyclic) bond motifs is 1. The Labute approximate surface area is 128 Å². The van der Waals surface area contributed by atoms with E-state index >= 15 is 0 Å². The highest BCUT2D eigenvalue weighted by atomic mass is 16.5. The predicted molar refractivity (Wildman–Crippen MR) is 80.1 cm³/mol. The van der Waals surface area contributed by atoms with Crippen LogP contribution in [0.4, 0.5) is 0 Å². The fraction of sp³-hybridized carbons (Fsp3) is 0.412. The van der Waals surface area contributed by atoms with Gasteiger partial charge in [-0.1, -0.05) is 12.1 Å². The number of carboxylic acid groups (broad SMARTS) is 1. The average molecular weight is 301 g/mol. The van der Waals surface area contributed by atoms with Crippen molar-refractivity contribution in [3.05, 3.63) is 47.7 Å². The minimum absolute atomic E-state index is 0.292. The Morgan fingerprint density at radius 2 is 2.36 bits per heavy atom. The third-order valence-electron chi connectivity index (χ3n) is 4.17. The van der Waals surface area contributed by atoms with Crippen molar-refractivity contribution in [2.75, 3.05) is 6.61 Å². The molecule has 0 amide bonds. The topological polar surface area (TPSA) is 72.6 Å². The standard InChI is InChI=1S/C17H19NO4/c19-17(20)10-22-16-6-2-4-14-12(3-1-5-15(14)16)7-8-13-9-21-11-18-13/h2,4,6,9,11-12H,1,3,5,7-8,10H2,(H,19,20). The van der Waals surface area contributed by atoms with Crippen molar-refractivity contribution < 1.29 is 19.1 Å². The van der Waals surface area contributed by atoms with E-state index in [4.69, 9.17) is 14.3 Å². The number of hydrogen-bond donors (Lipinski definition) is 1. The van der Waals surface area contributed by atoms with Crippen LogP contribution in [0.25, 0.3) is 0 Å². The summed E-state index contributed by atoms with van der Waals surface area (Å²) >= 11 is 0. The van der Waals surface area contributed by atoms with E-state index in [0.29, 0.717) is 11.7 Å². The van der Waals surface area contributed by atoms with Crippen LogP contribution in [0.5, 0.6) is 5.75 Å². The first-order valence-corrected chi connectivity index (χ1v) is 7.57. The van der Waals surface area contributed by atoms with E-state index in [9.17, 15) is 4.79 Å². The number of aromatic nitrogens is 1. The van der Waals surface area contributed by atoms with Crippen LogP contribution < -0.4 is 4.74 Å². The summed E-state index contributed by atoms with van der Waals surface area (Å²) in [4.78, 5) is 14.9. The van der Waals surface area contributed by atoms with Crippen molar-refractivity contribution in [2.45, 2.75) is 38.0 Å². The second-order valence-electron chi connectivity index (χ2n) is 5.61. The summed E-state index contributed by atoms with van der Waals surface area (Å²) in [5, 5.41) is 8.78. The van der Waals surface area contributed by atoms with Crippen LogP contribution in [-0.4, -0.2) is 22.7 Å². The van der Waals surface area contributed by atoms with Gasteiger partial charge in [0.1, 0.15) is 12.0 Å². The number of benzene rings is 1. The lowest BCUT2D eigenvalue weighted by Crippen LogP contribution is -2.15. The van der Waals surface area contributed by atoms with Crippen molar-refractivity contribution in [1.29, 1.82) is 0 Å². The second kappa shape index (κ2) is 6.64. The molecule has 1 aliphatic rings. The van der Waals surface area contributed by atoms with Crippen LogP contribution in [0.15, 0.2) is 35.3 Å². The molecule has 1 atom stereocenters. The molecule has 0 saturated heterocycles. The van der Waals surface area contributed by atoms with E-state index in [1.807, 2.05) is 12.1 Å². The van der Waals surface area contributed by atoms with Crippen molar-refractivity contribution in [3.8, 4) is 5.75 Å². The molecule has 0 fully saturated rings. The molecule has 1 aliphatic carbocycles. The first-order chi connectivity index (χ1) is 10.7. The Hall–Kier alpha value is -2.30. The van der Waals surface area contributed by atoms with Crippen LogP contribution in [0.1, 0.15) is 42.0 Å². The number of ether oxygens (including phenoxy) is 1. The lowest BCUT2D eigenvalue weighted by atomic mass is 9.80. The van der Waals surface area contributed by atoms with E-state index in [0.717, 1.165) is 37.8 Å². The monoisotopic (exact) mass is 301 g/mol. The van der Waals surface area contributed by atoms with Crippen LogP contribution in [0, 0.1) is 0 Å². The summed E-state index contributed by atoms with van der Waals surface area (Å²) in [5.74, 6) is 0.232. The van der Waals surface area contributed by atoms with Crippen LogP contribution >= 0.6 is 0 Å². The number of aliphatic carboxylic acids is 1. The third-order valence-corrected chi connectivity index (χ3v) is 4.17. The molecule has 1 heterocycles. The second-order valence-corrected chi connectivity index (χ2v) is 5.61. The molecule has 22 heavy (non-hydrogen) atoms. The van der Waals surface area contributed by atoms with E-state index < -0.39 is 5.97 Å². The van der Waals surface area contributed by atoms with Crippen molar-refractivity contribution in [3.63, 3.8) is 0 Å². The molecule has 5 nitrogen and oxygen atoms in total. The predicted octanol–water partition coefficient (Wildman–Crippen LogP) is 3.19. The first-order valence-electron chi connectivity index (χ1n) is 7.57. The Morgan fingerprint density at radius 3 is 3.14 bits per heavy atom. The maximum Gasteiger partial charge on any atom is 0.341 e. The lowest BCUT2D eigenvalue weighted by Gasteiger charge is -2.27. The van der Waals surface area contributed by atoms with Crippen molar-refractivity contribution in [1.82, 2.24) is 4.98 Å². The highest BCUT2D eigenvalue weighted by Gasteiger charge is 2.23. The SMILES string of the molecule is O=C(O)COc1cccc2c1CCCC2CCc1cocn1. The summed E-state index contributed by atoms with van der Waals surface area (Å²) < 4.78 is 10.4. The van der Waals surface area contributed by atoms with E-state index in [2.05, 4.69) is 11.1 Å². The number of rotatable bonds is 6. The highest BCUT2D eigenvalue weighted by Crippen LogP contribution is 2.38. The zero-order valence-corrected chi connectivity index (χ0v) is 12.3. The van der Waals surface area contributed by atoms with Gasteiger partial charge in [-0.15, -0.1) is 0 Å². The van der Waals surface area contributed by atoms with Gasteiger partial charge in [0.25, 0.3) is 0 Å². The Balaban J connectivity index is 1.74. The van der Waals surface area contributed by atoms with Gasteiger partial charge in [0, 0.05) is 0 Å². The van der Waals surface area contributed by atoms with E-state index in [-0.39, 0.29) is 6.61 Å². The van der Waals surface area contributed by atoms with Gasteiger partial charge in [0.05, 0.1) is 5.69 Å². The minimum Gasteiger partial charge on any atom is -0.482 e. The molecule has 1 aromatic carbocycles. The number of carbonyl (C=O) groups is 1. The molecular weight excluding hydrogens is 282 g/mol. The number of aryl methyl sites for hydroxylation is 1. The largest absolute Gasteiger partial charge is 0.482 e. The van der Waals surface area contributed by atoms with Crippen molar-refractivity contribution >= 4 is 5.97 Å². The van der Waals surface area contributed by atoms with Crippen LogP contribution in [-0.2, 0) is 17.6 Å². The summed E-state index contributed by atoms with van der Waals surface area (Å²) in [6.45, 7) is -0.292. The molecule has 1 unspecified atom stereocenters. The zero-order chi connectivity index (χ0) is 15.4. The van der Waals surface area contributed by atoms with Crippen LogP contribution in [0.2, 0.25) is 0 Å². The van der Waals surface area contributed by atoms with Crippen LogP contribution in [0.3, 0.4) is 0 Å². The van der Waals surface area contributed by atoms with Gasteiger partial charge in [-0.3, -0.25) is 0 Å². The fourth-order valence-corrected chi connectivity index (χ4v) is 3.17. The van der Waals surface area contributed by atoms with Gasteiger partial charge in [-0.25, -0.2) is 9.78 Å². The van der Waals surface area contributed by atoms with Gasteiger partial charge in [-0.05, 0) is 55.2 Å². The molecule has 0 spiro atoms. The minimum atomic E-state index is -0.948. The molecule has 5 heteroatoms. The maximum absolute atomic E-state index is 10.7. The average Bonchev–Trinajstić information content (AvgIpc) is 3.04. The number of hydrogen-bond acceptors (Lipinski definition) is 4. The molecular formula is C17H19NO4. The molecule has 0 saturated carbocycles. The molecule has 1 aromatic heterocycles. The van der Waals surface area contributed by atoms with E-state index in [1.165, 1.54) is 17.5 Å². The smallest absolute Gasteiger partial charge is 0.341 e. The Morgan fingerprint density at radius 1 is 1.45 bits per heavy atom. The molecule has 116 valence electrons. The van der Waals surface area contributed by atoms with Crippen molar-refractivity contribution in [2.24, 2.45) is 0 Å². The Bertz CT molecular complexity index is 636. The molecule has 0 radical (unpaired) electrons. The third kappa shape index (κ3) is 3.30. The highest BCUT2D eigenvalue weighted by molar-refractivity contribution is 5.68. The first kappa shape index (κ1) is 14.6. The van der Waals surface area contributed by atoms with Gasteiger partial charge in [0.2, 0.25) is 0 Å². The van der Waals surface area contributed by atoms with Gasteiger partial charge < -0.3 is 14.3 Å². The van der Waals surface area contributed by atoms with E-state index in [1.54, 1.807) is 6.26 Å². The summed E-state index contributed by atoms with van der Waals surface area (Å²) in [7, 11) is 0. The molecule has 2 aromatic rings. The molecule has 0 aliphatic heterocycles. The number of nitrogens with zero attached hydrogens (tertiary/aromatic N) is 1. The molecule has 1 N–H and O–H groups in total. The number of carboxylic acids is 1.